The maximum Gasteiger partial charge on any atom is 0.333 e. The molecular weight excluding hydrogens is 304 g/mol. The zero-order valence-corrected chi connectivity index (χ0v) is 14.3. The summed E-state index contributed by atoms with van der Waals surface area (Å²) in [4.78, 5) is 22.7. The van der Waals surface area contributed by atoms with Crippen LogP contribution in [0.4, 0.5) is 0 Å². The van der Waals surface area contributed by atoms with E-state index in [4.69, 9.17) is 4.74 Å². The summed E-state index contributed by atoms with van der Waals surface area (Å²) in [7, 11) is 1.36. The molecule has 4 heteroatoms. The quantitative estimate of drug-likeness (QED) is 0.605. The van der Waals surface area contributed by atoms with Crippen LogP contribution >= 0.6 is 0 Å². The van der Waals surface area contributed by atoms with Crippen molar-refractivity contribution in [1.82, 2.24) is 0 Å². The summed E-state index contributed by atoms with van der Waals surface area (Å²) in [6, 6.07) is 8.20. The van der Waals surface area contributed by atoms with E-state index in [1.54, 1.807) is 13.0 Å². The Morgan fingerprint density at radius 1 is 1.12 bits per heavy atom. The van der Waals surface area contributed by atoms with Crippen LogP contribution < -0.4 is 0 Å². The Hall–Kier alpha value is -2.36. The first kappa shape index (κ1) is 18.0. The van der Waals surface area contributed by atoms with Gasteiger partial charge in [-0.15, -0.1) is 0 Å². The van der Waals surface area contributed by atoms with Crippen LogP contribution in [0.25, 0.3) is 6.08 Å². The minimum atomic E-state index is -0.360. The normalized spacial score (nSPS) is 20.6. The van der Waals surface area contributed by atoms with Crippen LogP contribution in [-0.4, -0.2) is 25.2 Å². The molecule has 2 rings (SSSR count). The second-order valence-corrected chi connectivity index (χ2v) is 6.18. The molecule has 0 amide bonds. The van der Waals surface area contributed by atoms with Crippen molar-refractivity contribution < 1.29 is 19.1 Å². The molecule has 0 bridgehead atoms. The summed E-state index contributed by atoms with van der Waals surface area (Å²) in [6.45, 7) is 5.28. The van der Waals surface area contributed by atoms with Gasteiger partial charge in [0.05, 0.1) is 7.11 Å². The lowest BCUT2D eigenvalue weighted by Crippen LogP contribution is -2.24. The topological polar surface area (TPSA) is 52.6 Å². The van der Waals surface area contributed by atoms with E-state index in [-0.39, 0.29) is 18.0 Å². The molecule has 24 heavy (non-hydrogen) atoms. The average molecular weight is 328 g/mol. The summed E-state index contributed by atoms with van der Waals surface area (Å²) in [6.07, 6.45) is 6.94. The molecule has 0 aliphatic heterocycles. The van der Waals surface area contributed by atoms with Crippen molar-refractivity contribution in [2.75, 3.05) is 7.11 Å². The van der Waals surface area contributed by atoms with Crippen LogP contribution in [0.2, 0.25) is 0 Å². The zero-order valence-electron chi connectivity index (χ0n) is 14.3. The molecule has 0 saturated heterocycles. The van der Waals surface area contributed by atoms with Crippen molar-refractivity contribution >= 4 is 18.0 Å². The van der Waals surface area contributed by atoms with Gasteiger partial charge in [0.2, 0.25) is 0 Å². The van der Waals surface area contributed by atoms with E-state index in [1.165, 1.54) is 18.7 Å². The van der Waals surface area contributed by atoms with E-state index < -0.39 is 0 Å². The van der Waals surface area contributed by atoms with Crippen LogP contribution in [0.1, 0.15) is 49.7 Å². The molecule has 0 atom stereocenters. The predicted octanol–water partition coefficient (Wildman–Crippen LogP) is 4.02. The van der Waals surface area contributed by atoms with E-state index >= 15 is 0 Å². The monoisotopic (exact) mass is 328 g/mol. The van der Waals surface area contributed by atoms with Crippen molar-refractivity contribution in [1.29, 1.82) is 0 Å². The van der Waals surface area contributed by atoms with Gasteiger partial charge in [0.15, 0.2) is 0 Å². The number of hydrogen-bond acceptors (Lipinski definition) is 4. The molecule has 1 aliphatic carbocycles. The van der Waals surface area contributed by atoms with Crippen LogP contribution in [0, 0.1) is 0 Å². The van der Waals surface area contributed by atoms with Gasteiger partial charge in [0.25, 0.3) is 0 Å². The average Bonchev–Trinajstić information content (AvgIpc) is 2.60. The number of methoxy groups -OCH3 is 1. The third-order valence-electron chi connectivity index (χ3n) is 4.32. The van der Waals surface area contributed by atoms with E-state index in [9.17, 15) is 9.59 Å². The minimum absolute atomic E-state index is 0.00714. The molecule has 4 nitrogen and oxygen atoms in total. The van der Waals surface area contributed by atoms with Gasteiger partial charge in [0, 0.05) is 11.6 Å². The third-order valence-corrected chi connectivity index (χ3v) is 4.32. The molecular formula is C20H24O4. The van der Waals surface area contributed by atoms with Crippen molar-refractivity contribution in [3.8, 4) is 0 Å². The molecule has 1 saturated carbocycles. The fraction of sp³-hybridized carbons (Fsp3) is 0.400. The standard InChI is InChI=1S/C20H24O4/c1-14(2)20(22)24-18-11-9-17(10-12-18)16-7-4-15(5-8-16)6-13-19(21)23-3/h4-8,13,17-18H,1,9-12H2,2-3H3. The Balaban J connectivity index is 1.88. The molecule has 1 aromatic rings. The van der Waals surface area contributed by atoms with Crippen molar-refractivity contribution in [3.63, 3.8) is 0 Å². The molecule has 0 radical (unpaired) electrons. The SMILES string of the molecule is C=C(C)C(=O)OC1CCC(c2ccc(C=CC(=O)OC)cc2)CC1. The van der Waals surface area contributed by atoms with E-state index in [0.717, 1.165) is 31.2 Å². The van der Waals surface area contributed by atoms with Gasteiger partial charge in [-0.05, 0) is 55.7 Å². The van der Waals surface area contributed by atoms with Crippen LogP contribution in [-0.2, 0) is 19.1 Å². The van der Waals surface area contributed by atoms with Gasteiger partial charge in [-0.3, -0.25) is 0 Å². The van der Waals surface area contributed by atoms with Crippen LogP contribution in [0.15, 0.2) is 42.5 Å². The van der Waals surface area contributed by atoms with Crippen molar-refractivity contribution in [2.45, 2.75) is 44.6 Å². The number of carbonyl (C=O) groups is 2. The molecule has 0 spiro atoms. The van der Waals surface area contributed by atoms with Crippen molar-refractivity contribution in [2.24, 2.45) is 0 Å². The summed E-state index contributed by atoms with van der Waals surface area (Å²) in [5, 5.41) is 0. The number of rotatable bonds is 5. The molecule has 1 aromatic carbocycles. The second-order valence-electron chi connectivity index (χ2n) is 6.18. The molecule has 1 fully saturated rings. The first-order chi connectivity index (χ1) is 11.5. The lowest BCUT2D eigenvalue weighted by Gasteiger charge is -2.28. The summed E-state index contributed by atoms with van der Waals surface area (Å²) < 4.78 is 10.0. The molecule has 128 valence electrons. The van der Waals surface area contributed by atoms with Gasteiger partial charge < -0.3 is 9.47 Å². The lowest BCUT2D eigenvalue weighted by molar-refractivity contribution is -0.145. The largest absolute Gasteiger partial charge is 0.466 e. The molecule has 1 aliphatic rings. The van der Waals surface area contributed by atoms with Gasteiger partial charge in [-0.1, -0.05) is 30.8 Å². The summed E-state index contributed by atoms with van der Waals surface area (Å²) in [5.41, 5.74) is 2.70. The summed E-state index contributed by atoms with van der Waals surface area (Å²) >= 11 is 0. The van der Waals surface area contributed by atoms with Crippen molar-refractivity contribution in [3.05, 3.63) is 53.6 Å². The highest BCUT2D eigenvalue weighted by Crippen LogP contribution is 2.34. The van der Waals surface area contributed by atoms with E-state index in [1.807, 2.05) is 12.1 Å². The Morgan fingerprint density at radius 3 is 2.29 bits per heavy atom. The fourth-order valence-corrected chi connectivity index (χ4v) is 2.88. The van der Waals surface area contributed by atoms with E-state index in [0.29, 0.717) is 11.5 Å². The highest BCUT2D eigenvalue weighted by molar-refractivity contribution is 5.87. The molecule has 0 unspecified atom stereocenters. The zero-order chi connectivity index (χ0) is 17.5. The number of ether oxygens (including phenoxy) is 2. The van der Waals surface area contributed by atoms with E-state index in [2.05, 4.69) is 23.4 Å². The molecule has 0 aromatic heterocycles. The first-order valence-corrected chi connectivity index (χ1v) is 8.22. The lowest BCUT2D eigenvalue weighted by atomic mass is 9.82. The molecule has 0 heterocycles. The smallest absolute Gasteiger partial charge is 0.333 e. The molecule has 0 N–H and O–H groups in total. The Bertz CT molecular complexity index is 620. The van der Waals surface area contributed by atoms with Gasteiger partial charge >= 0.3 is 11.9 Å². The Morgan fingerprint density at radius 2 is 1.75 bits per heavy atom. The maximum atomic E-state index is 11.6. The number of benzene rings is 1. The van der Waals surface area contributed by atoms with Gasteiger partial charge in [0.1, 0.15) is 6.10 Å². The third kappa shape index (κ3) is 5.08. The van der Waals surface area contributed by atoms with Crippen LogP contribution in [0.3, 0.4) is 0 Å². The maximum absolute atomic E-state index is 11.6. The van der Waals surface area contributed by atoms with Crippen LogP contribution in [0.5, 0.6) is 0 Å². The number of esters is 2. The van der Waals surface area contributed by atoms with Gasteiger partial charge in [-0.2, -0.15) is 0 Å². The van der Waals surface area contributed by atoms with Gasteiger partial charge in [-0.25, -0.2) is 9.59 Å². The number of hydrogen-bond donors (Lipinski definition) is 0. The second kappa shape index (κ2) is 8.48. The Kier molecular flexibility index (Phi) is 6.36. The highest BCUT2D eigenvalue weighted by Gasteiger charge is 2.24. The highest BCUT2D eigenvalue weighted by atomic mass is 16.5. The summed E-state index contributed by atoms with van der Waals surface area (Å²) in [5.74, 6) is -0.162. The Labute approximate surface area is 143 Å². The minimum Gasteiger partial charge on any atom is -0.466 e. The number of carbonyl (C=O) groups excluding carboxylic acids is 2. The fourth-order valence-electron chi connectivity index (χ4n) is 2.88. The first-order valence-electron chi connectivity index (χ1n) is 8.22. The predicted molar refractivity (Wildman–Crippen MR) is 93.4 cm³/mol.